The minimum Gasteiger partial charge on any atom is -0.385 e. The van der Waals surface area contributed by atoms with Gasteiger partial charge >= 0.3 is 0 Å². The molecule has 92 valence electrons. The molecular weight excluding hydrogens is 222 g/mol. The molecule has 0 amide bonds. The van der Waals surface area contributed by atoms with Crippen LogP contribution in [0.15, 0.2) is 17.5 Å². The van der Waals surface area contributed by atoms with Gasteiger partial charge in [0, 0.05) is 37.8 Å². The molecule has 1 heterocycles. The van der Waals surface area contributed by atoms with E-state index in [2.05, 4.69) is 29.8 Å². The van der Waals surface area contributed by atoms with Gasteiger partial charge in [0.1, 0.15) is 0 Å². The molecule has 0 radical (unpaired) electrons. The molecule has 4 heteroatoms. The lowest BCUT2D eigenvalue weighted by Gasteiger charge is -2.12. The highest BCUT2D eigenvalue weighted by atomic mass is 32.1. The highest BCUT2D eigenvalue weighted by Crippen LogP contribution is 2.17. The van der Waals surface area contributed by atoms with Gasteiger partial charge in [-0.15, -0.1) is 11.3 Å². The van der Waals surface area contributed by atoms with Gasteiger partial charge in [-0.2, -0.15) is 0 Å². The summed E-state index contributed by atoms with van der Waals surface area (Å²) in [6, 6.07) is 4.66. The number of methoxy groups -OCH3 is 1. The van der Waals surface area contributed by atoms with E-state index in [9.17, 15) is 0 Å². The van der Waals surface area contributed by atoms with Gasteiger partial charge in [-0.1, -0.05) is 6.07 Å². The molecule has 1 aromatic rings. The van der Waals surface area contributed by atoms with E-state index in [1.54, 1.807) is 18.4 Å². The first-order chi connectivity index (χ1) is 7.84. The van der Waals surface area contributed by atoms with Crippen LogP contribution in [0.5, 0.6) is 0 Å². The Morgan fingerprint density at radius 3 is 2.94 bits per heavy atom. The maximum atomic E-state index is 5.46. The van der Waals surface area contributed by atoms with Gasteiger partial charge in [0.05, 0.1) is 6.61 Å². The molecule has 0 aliphatic carbocycles. The van der Waals surface area contributed by atoms with Crippen molar-refractivity contribution in [1.82, 2.24) is 5.32 Å². The normalized spacial score (nSPS) is 12.9. The minimum absolute atomic E-state index is 0.419. The molecular formula is C12H21NO2S. The van der Waals surface area contributed by atoms with E-state index >= 15 is 0 Å². The standard InChI is InChI=1S/C12H21NO2S/c1-11(12-5-3-10-16-12)13-6-9-15-8-4-7-14-2/h3,5,10-11,13H,4,6-9H2,1-2H3/t11-/m0/s1. The fraction of sp³-hybridized carbons (Fsp3) is 0.667. The lowest BCUT2D eigenvalue weighted by Crippen LogP contribution is -2.22. The van der Waals surface area contributed by atoms with Gasteiger partial charge in [-0.3, -0.25) is 0 Å². The zero-order valence-electron chi connectivity index (χ0n) is 10.1. The Balaban J connectivity index is 1.95. The second-order valence-corrected chi connectivity index (χ2v) is 4.63. The molecule has 1 rings (SSSR count). The summed E-state index contributed by atoms with van der Waals surface area (Å²) in [7, 11) is 1.71. The third-order valence-electron chi connectivity index (χ3n) is 2.30. The van der Waals surface area contributed by atoms with Crippen molar-refractivity contribution in [3.05, 3.63) is 22.4 Å². The van der Waals surface area contributed by atoms with Crippen molar-refractivity contribution in [2.45, 2.75) is 19.4 Å². The van der Waals surface area contributed by atoms with Crippen LogP contribution in [0.25, 0.3) is 0 Å². The molecule has 3 nitrogen and oxygen atoms in total. The first kappa shape index (κ1) is 13.6. The van der Waals surface area contributed by atoms with Crippen molar-refractivity contribution in [2.24, 2.45) is 0 Å². The zero-order valence-corrected chi connectivity index (χ0v) is 10.9. The highest BCUT2D eigenvalue weighted by Gasteiger charge is 2.04. The second kappa shape index (κ2) is 8.70. The predicted molar refractivity (Wildman–Crippen MR) is 68.0 cm³/mol. The summed E-state index contributed by atoms with van der Waals surface area (Å²) >= 11 is 1.79. The van der Waals surface area contributed by atoms with Gasteiger partial charge < -0.3 is 14.8 Å². The van der Waals surface area contributed by atoms with Gasteiger partial charge in [0.25, 0.3) is 0 Å². The summed E-state index contributed by atoms with van der Waals surface area (Å²) < 4.78 is 10.4. The fourth-order valence-corrected chi connectivity index (χ4v) is 2.15. The lowest BCUT2D eigenvalue weighted by atomic mass is 10.3. The minimum atomic E-state index is 0.419. The third kappa shape index (κ3) is 5.61. The number of hydrogen-bond donors (Lipinski definition) is 1. The Labute approximate surface area is 102 Å². The van der Waals surface area contributed by atoms with Crippen molar-refractivity contribution >= 4 is 11.3 Å². The Bertz CT molecular complexity index is 252. The average Bonchev–Trinajstić information content (AvgIpc) is 2.81. The van der Waals surface area contributed by atoms with Crippen LogP contribution in [0.4, 0.5) is 0 Å². The van der Waals surface area contributed by atoms with Crippen LogP contribution in [0.3, 0.4) is 0 Å². The van der Waals surface area contributed by atoms with E-state index in [4.69, 9.17) is 9.47 Å². The number of hydrogen-bond acceptors (Lipinski definition) is 4. The quantitative estimate of drug-likeness (QED) is 0.676. The smallest absolute Gasteiger partial charge is 0.0591 e. The number of thiophene rings is 1. The largest absolute Gasteiger partial charge is 0.385 e. The van der Waals surface area contributed by atoms with Gasteiger partial charge in [0.15, 0.2) is 0 Å². The summed E-state index contributed by atoms with van der Waals surface area (Å²) in [5, 5.41) is 5.54. The Hall–Kier alpha value is -0.420. The lowest BCUT2D eigenvalue weighted by molar-refractivity contribution is 0.103. The summed E-state index contributed by atoms with van der Waals surface area (Å²) in [6.45, 7) is 5.39. The van der Waals surface area contributed by atoms with Crippen LogP contribution in [-0.4, -0.2) is 33.5 Å². The Morgan fingerprint density at radius 2 is 2.25 bits per heavy atom. The molecule has 0 spiro atoms. The maximum absolute atomic E-state index is 5.46. The number of rotatable bonds is 9. The molecule has 0 aromatic carbocycles. The van der Waals surface area contributed by atoms with E-state index in [0.29, 0.717) is 6.04 Å². The van der Waals surface area contributed by atoms with Crippen molar-refractivity contribution in [3.8, 4) is 0 Å². The molecule has 0 fully saturated rings. The van der Waals surface area contributed by atoms with Gasteiger partial charge in [-0.25, -0.2) is 0 Å². The van der Waals surface area contributed by atoms with Crippen molar-refractivity contribution in [1.29, 1.82) is 0 Å². The number of nitrogens with one attached hydrogen (secondary N) is 1. The number of ether oxygens (including phenoxy) is 2. The molecule has 1 aromatic heterocycles. The molecule has 0 aliphatic rings. The van der Waals surface area contributed by atoms with Crippen molar-refractivity contribution < 1.29 is 9.47 Å². The first-order valence-electron chi connectivity index (χ1n) is 5.68. The molecule has 1 atom stereocenters. The Morgan fingerprint density at radius 1 is 1.38 bits per heavy atom. The summed E-state index contributed by atoms with van der Waals surface area (Å²) in [5.74, 6) is 0. The SMILES string of the molecule is COCCCOCCN[C@@H](C)c1cccs1. The van der Waals surface area contributed by atoms with Gasteiger partial charge in [0.2, 0.25) is 0 Å². The molecule has 0 saturated carbocycles. The predicted octanol–water partition coefficient (Wildman–Crippen LogP) is 2.45. The summed E-state index contributed by atoms with van der Waals surface area (Å²) in [5.41, 5.74) is 0. The zero-order chi connectivity index (χ0) is 11.6. The van der Waals surface area contributed by atoms with Crippen LogP contribution >= 0.6 is 11.3 Å². The topological polar surface area (TPSA) is 30.5 Å². The van der Waals surface area contributed by atoms with Crippen molar-refractivity contribution in [3.63, 3.8) is 0 Å². The fourth-order valence-electron chi connectivity index (χ4n) is 1.39. The van der Waals surface area contributed by atoms with E-state index in [-0.39, 0.29) is 0 Å². The third-order valence-corrected chi connectivity index (χ3v) is 3.36. The van der Waals surface area contributed by atoms with E-state index in [1.807, 2.05) is 0 Å². The highest BCUT2D eigenvalue weighted by molar-refractivity contribution is 7.10. The summed E-state index contributed by atoms with van der Waals surface area (Å²) in [4.78, 5) is 1.37. The van der Waals surface area contributed by atoms with Crippen LogP contribution in [0.2, 0.25) is 0 Å². The van der Waals surface area contributed by atoms with Crippen LogP contribution < -0.4 is 5.32 Å². The maximum Gasteiger partial charge on any atom is 0.0591 e. The molecule has 0 unspecified atom stereocenters. The molecule has 0 bridgehead atoms. The second-order valence-electron chi connectivity index (χ2n) is 3.65. The average molecular weight is 243 g/mol. The van der Waals surface area contributed by atoms with Crippen LogP contribution in [0.1, 0.15) is 24.3 Å². The van der Waals surface area contributed by atoms with Crippen molar-refractivity contribution in [2.75, 3.05) is 33.5 Å². The van der Waals surface area contributed by atoms with E-state index < -0.39 is 0 Å². The van der Waals surface area contributed by atoms with Gasteiger partial charge in [-0.05, 0) is 24.8 Å². The first-order valence-corrected chi connectivity index (χ1v) is 6.56. The van der Waals surface area contributed by atoms with E-state index in [0.717, 1.165) is 32.8 Å². The van der Waals surface area contributed by atoms with E-state index in [1.165, 1.54) is 4.88 Å². The Kier molecular flexibility index (Phi) is 7.42. The van der Waals surface area contributed by atoms with Crippen LogP contribution in [0, 0.1) is 0 Å². The summed E-state index contributed by atoms with van der Waals surface area (Å²) in [6.07, 6.45) is 0.969. The molecule has 1 N–H and O–H groups in total. The monoisotopic (exact) mass is 243 g/mol. The van der Waals surface area contributed by atoms with Crippen LogP contribution in [-0.2, 0) is 9.47 Å². The molecule has 16 heavy (non-hydrogen) atoms. The molecule has 0 saturated heterocycles. The molecule has 0 aliphatic heterocycles.